The molecule has 1 aromatic carbocycles. The van der Waals surface area contributed by atoms with Gasteiger partial charge in [0.05, 0.1) is 10.6 Å². The van der Waals surface area contributed by atoms with E-state index >= 15 is 0 Å². The number of nitrogen functional groups attached to an aromatic ring is 1. The molecule has 0 saturated heterocycles. The average Bonchev–Trinajstić information content (AvgIpc) is 2.79. The number of hydrogen-bond donors (Lipinski definition) is 2. The molecule has 0 unspecified atom stereocenters. The molecule has 3 aromatic rings. The number of para-hydroxylation sites is 1. The summed E-state index contributed by atoms with van der Waals surface area (Å²) in [6, 6.07) is 11.3. The number of fused-ring (bicyclic) bond motifs is 1. The third-order valence-electron chi connectivity index (χ3n) is 2.87. The van der Waals surface area contributed by atoms with Crippen LogP contribution >= 0.6 is 11.8 Å². The number of rotatable bonds is 2. The Morgan fingerprint density at radius 1 is 1.10 bits per heavy atom. The molecular formula is C14H10F3N3S. The summed E-state index contributed by atoms with van der Waals surface area (Å²) in [6.07, 6.45) is -4.44. The second kappa shape index (κ2) is 5.00. The molecule has 0 aliphatic rings. The second-order valence-electron chi connectivity index (χ2n) is 4.44. The van der Waals surface area contributed by atoms with Crippen molar-refractivity contribution in [3.05, 3.63) is 48.0 Å². The van der Waals surface area contributed by atoms with Gasteiger partial charge in [-0.3, -0.25) is 0 Å². The van der Waals surface area contributed by atoms with Crippen molar-refractivity contribution in [3.8, 4) is 0 Å². The van der Waals surface area contributed by atoms with Crippen molar-refractivity contribution in [2.24, 2.45) is 0 Å². The Morgan fingerprint density at radius 2 is 1.86 bits per heavy atom. The number of alkyl halides is 3. The quantitative estimate of drug-likeness (QED) is 0.741. The Hall–Kier alpha value is -2.15. The van der Waals surface area contributed by atoms with Crippen molar-refractivity contribution in [2.45, 2.75) is 16.2 Å². The van der Waals surface area contributed by atoms with Crippen LogP contribution in [0.15, 0.2) is 52.5 Å². The summed E-state index contributed by atoms with van der Waals surface area (Å²) < 4.78 is 38.3. The van der Waals surface area contributed by atoms with Gasteiger partial charge in [0.15, 0.2) is 0 Å². The lowest BCUT2D eigenvalue weighted by Crippen LogP contribution is -2.07. The van der Waals surface area contributed by atoms with Crippen molar-refractivity contribution in [3.63, 3.8) is 0 Å². The van der Waals surface area contributed by atoms with Gasteiger partial charge in [0, 0.05) is 10.9 Å². The number of halogens is 3. The van der Waals surface area contributed by atoms with E-state index in [1.54, 1.807) is 0 Å². The Labute approximate surface area is 122 Å². The molecule has 3 rings (SSSR count). The number of hydrogen-bond acceptors (Lipinski definition) is 3. The minimum atomic E-state index is -4.44. The van der Waals surface area contributed by atoms with E-state index < -0.39 is 11.7 Å². The summed E-state index contributed by atoms with van der Waals surface area (Å²) in [6.45, 7) is 0. The highest BCUT2D eigenvalue weighted by Crippen LogP contribution is 2.35. The summed E-state index contributed by atoms with van der Waals surface area (Å²) in [5.41, 5.74) is 5.57. The second-order valence-corrected chi connectivity index (χ2v) is 5.50. The average molecular weight is 309 g/mol. The van der Waals surface area contributed by atoms with Crippen LogP contribution in [0.5, 0.6) is 0 Å². The van der Waals surface area contributed by atoms with Crippen LogP contribution in [0, 0.1) is 0 Å². The number of nitrogens with one attached hydrogen (secondary N) is 1. The van der Waals surface area contributed by atoms with E-state index in [9.17, 15) is 13.2 Å². The fourth-order valence-corrected chi connectivity index (χ4v) is 2.87. The van der Waals surface area contributed by atoms with E-state index in [2.05, 4.69) is 9.97 Å². The van der Waals surface area contributed by atoms with Gasteiger partial charge in [0.1, 0.15) is 10.8 Å². The highest BCUT2D eigenvalue weighted by molar-refractivity contribution is 7.99. The number of aromatic nitrogens is 2. The van der Waals surface area contributed by atoms with Crippen LogP contribution in [0.25, 0.3) is 10.9 Å². The third-order valence-corrected chi connectivity index (χ3v) is 3.73. The number of H-pyrrole nitrogens is 1. The lowest BCUT2D eigenvalue weighted by Gasteiger charge is -2.08. The summed E-state index contributed by atoms with van der Waals surface area (Å²) in [5.74, 6) is -0.150. The maximum absolute atomic E-state index is 12.8. The molecule has 0 atom stereocenters. The summed E-state index contributed by atoms with van der Waals surface area (Å²) in [4.78, 5) is 7.06. The van der Waals surface area contributed by atoms with Gasteiger partial charge in [-0.25, -0.2) is 4.98 Å². The highest BCUT2D eigenvalue weighted by Gasteiger charge is 2.31. The zero-order chi connectivity index (χ0) is 15.0. The van der Waals surface area contributed by atoms with Crippen LogP contribution in [0.1, 0.15) is 5.56 Å². The van der Waals surface area contributed by atoms with Gasteiger partial charge >= 0.3 is 6.18 Å². The maximum Gasteiger partial charge on any atom is 0.416 e. The molecule has 0 radical (unpaired) electrons. The van der Waals surface area contributed by atoms with E-state index in [0.717, 1.165) is 34.8 Å². The first-order chi connectivity index (χ1) is 9.91. The van der Waals surface area contributed by atoms with Gasteiger partial charge in [0.25, 0.3) is 0 Å². The molecule has 0 aliphatic carbocycles. The number of benzene rings is 1. The van der Waals surface area contributed by atoms with Crippen LogP contribution in [0.3, 0.4) is 0 Å². The first kappa shape index (κ1) is 13.8. The number of pyridine rings is 1. The summed E-state index contributed by atoms with van der Waals surface area (Å²) >= 11 is 1.11. The molecule has 2 aromatic heterocycles. The molecule has 2 heterocycles. The Morgan fingerprint density at radius 3 is 2.57 bits per heavy atom. The van der Waals surface area contributed by atoms with Crippen molar-refractivity contribution in [1.82, 2.24) is 9.97 Å². The molecular weight excluding hydrogens is 299 g/mol. The largest absolute Gasteiger partial charge is 0.416 e. The van der Waals surface area contributed by atoms with Gasteiger partial charge in [-0.2, -0.15) is 13.2 Å². The molecule has 0 fully saturated rings. The molecule has 21 heavy (non-hydrogen) atoms. The minimum absolute atomic E-state index is 0.150. The van der Waals surface area contributed by atoms with E-state index in [1.807, 2.05) is 30.3 Å². The standard InChI is InChI=1S/C14H10F3N3S/c15-14(16,17)9-6-11(18)20-13(7-9)21-12-5-8-3-1-2-4-10(8)19-12/h1-7,19H,(H2,18,20). The van der Waals surface area contributed by atoms with Crippen LogP contribution < -0.4 is 5.73 Å². The van der Waals surface area contributed by atoms with Crippen LogP contribution in [-0.4, -0.2) is 9.97 Å². The zero-order valence-corrected chi connectivity index (χ0v) is 11.4. The van der Waals surface area contributed by atoms with Crippen molar-refractivity contribution in [2.75, 3.05) is 5.73 Å². The smallest absolute Gasteiger partial charge is 0.384 e. The van der Waals surface area contributed by atoms with Gasteiger partial charge in [-0.15, -0.1) is 0 Å². The molecule has 0 saturated carbocycles. The predicted molar refractivity (Wildman–Crippen MR) is 76.1 cm³/mol. The lowest BCUT2D eigenvalue weighted by atomic mass is 10.2. The van der Waals surface area contributed by atoms with Gasteiger partial charge < -0.3 is 10.7 Å². The van der Waals surface area contributed by atoms with E-state index in [0.29, 0.717) is 5.03 Å². The molecule has 0 spiro atoms. The summed E-state index contributed by atoms with van der Waals surface area (Å²) in [5, 5.41) is 1.90. The fraction of sp³-hybridized carbons (Fsp3) is 0.0714. The van der Waals surface area contributed by atoms with Crippen molar-refractivity contribution in [1.29, 1.82) is 0 Å². The zero-order valence-electron chi connectivity index (χ0n) is 10.6. The third kappa shape index (κ3) is 2.97. The number of nitrogens with two attached hydrogens (primary N) is 1. The van der Waals surface area contributed by atoms with Crippen molar-refractivity contribution >= 4 is 28.5 Å². The Balaban J connectivity index is 1.95. The summed E-state index contributed by atoms with van der Waals surface area (Å²) in [7, 11) is 0. The highest BCUT2D eigenvalue weighted by atomic mass is 32.2. The number of anilines is 1. The number of aromatic amines is 1. The molecule has 3 nitrogen and oxygen atoms in total. The SMILES string of the molecule is Nc1cc(C(F)(F)F)cc(Sc2cc3ccccc3[nH]2)n1. The molecule has 0 amide bonds. The molecule has 3 N–H and O–H groups in total. The molecule has 0 aliphatic heterocycles. The van der Waals surface area contributed by atoms with E-state index in [-0.39, 0.29) is 10.8 Å². The fourth-order valence-electron chi connectivity index (χ4n) is 1.96. The maximum atomic E-state index is 12.8. The molecule has 108 valence electrons. The van der Waals surface area contributed by atoms with Crippen molar-refractivity contribution < 1.29 is 13.2 Å². The predicted octanol–water partition coefficient (Wildman–Crippen LogP) is 4.32. The van der Waals surface area contributed by atoms with Gasteiger partial charge in [0.2, 0.25) is 0 Å². The first-order valence-electron chi connectivity index (χ1n) is 6.02. The van der Waals surface area contributed by atoms with Crippen LogP contribution in [0.2, 0.25) is 0 Å². The normalized spacial score (nSPS) is 12.0. The minimum Gasteiger partial charge on any atom is -0.384 e. The lowest BCUT2D eigenvalue weighted by molar-refractivity contribution is -0.137. The van der Waals surface area contributed by atoms with Gasteiger partial charge in [-0.05, 0) is 24.3 Å². The Kier molecular flexibility index (Phi) is 3.29. The number of nitrogens with zero attached hydrogens (tertiary/aromatic N) is 1. The first-order valence-corrected chi connectivity index (χ1v) is 6.84. The Bertz CT molecular complexity index is 763. The molecule has 0 bridgehead atoms. The topological polar surface area (TPSA) is 54.7 Å². The van der Waals surface area contributed by atoms with Crippen LogP contribution in [0.4, 0.5) is 19.0 Å². The van der Waals surface area contributed by atoms with E-state index in [4.69, 9.17) is 5.73 Å². The monoisotopic (exact) mass is 309 g/mol. The van der Waals surface area contributed by atoms with E-state index in [1.165, 1.54) is 0 Å². The molecule has 7 heteroatoms. The van der Waals surface area contributed by atoms with Crippen LogP contribution in [-0.2, 0) is 6.18 Å². The van der Waals surface area contributed by atoms with Gasteiger partial charge in [-0.1, -0.05) is 30.0 Å².